The van der Waals surface area contributed by atoms with E-state index < -0.39 is 0 Å². The van der Waals surface area contributed by atoms with Gasteiger partial charge in [0, 0.05) is 29.7 Å². The van der Waals surface area contributed by atoms with Crippen molar-refractivity contribution in [2.45, 2.75) is 63.2 Å². The van der Waals surface area contributed by atoms with Gasteiger partial charge in [-0.2, -0.15) is 0 Å². The number of piperidine rings is 1. The van der Waals surface area contributed by atoms with E-state index in [9.17, 15) is 0 Å². The number of hydrogen-bond donors (Lipinski definition) is 1. The number of rotatable bonds is 3. The molecule has 3 heterocycles. The molecule has 100 valence electrons. The molecule has 0 spiro atoms. The van der Waals surface area contributed by atoms with Crippen LogP contribution in [-0.2, 0) is 5.54 Å². The van der Waals surface area contributed by atoms with Gasteiger partial charge in [0.2, 0.25) is 0 Å². The average Bonchev–Trinajstić information content (AvgIpc) is 2.97. The monoisotopic (exact) mass is 265 g/mol. The number of fused-ring (bicyclic) bond motifs is 2. The van der Waals surface area contributed by atoms with E-state index in [4.69, 9.17) is 0 Å². The maximum Gasteiger partial charge on any atom is 0.112 e. The molecule has 2 saturated heterocycles. The number of hydrogen-bond acceptors (Lipinski definition) is 4. The Balaban J connectivity index is 1.85. The summed E-state index contributed by atoms with van der Waals surface area (Å²) >= 11 is 1.79. The minimum atomic E-state index is 0.0959. The first-order valence-corrected chi connectivity index (χ1v) is 7.86. The molecule has 1 N–H and O–H groups in total. The molecule has 3 rings (SSSR count). The van der Waals surface area contributed by atoms with Crippen LogP contribution >= 0.6 is 11.3 Å². The largest absolute Gasteiger partial charge is 0.317 e. The zero-order valence-electron chi connectivity index (χ0n) is 11.5. The highest BCUT2D eigenvalue weighted by Crippen LogP contribution is 2.44. The molecule has 0 aliphatic carbocycles. The third kappa shape index (κ3) is 1.91. The summed E-state index contributed by atoms with van der Waals surface area (Å²) in [5.74, 6) is 0. The molecule has 3 nitrogen and oxygen atoms in total. The summed E-state index contributed by atoms with van der Waals surface area (Å²) in [6, 6.07) is 2.19. The zero-order chi connectivity index (χ0) is 12.8. The Labute approximate surface area is 114 Å². The third-order valence-electron chi connectivity index (χ3n) is 4.74. The van der Waals surface area contributed by atoms with Crippen LogP contribution in [0.3, 0.4) is 0 Å². The number of aromatic nitrogens is 1. The van der Waals surface area contributed by atoms with E-state index in [-0.39, 0.29) is 5.54 Å². The molecular weight excluding hydrogens is 242 g/mol. The zero-order valence-corrected chi connectivity index (χ0v) is 12.3. The van der Waals surface area contributed by atoms with Gasteiger partial charge in [0.1, 0.15) is 5.01 Å². The number of thiazole rings is 1. The van der Waals surface area contributed by atoms with Crippen molar-refractivity contribution in [3.8, 4) is 0 Å². The van der Waals surface area contributed by atoms with Gasteiger partial charge >= 0.3 is 0 Å². The van der Waals surface area contributed by atoms with Crippen LogP contribution in [0, 0.1) is 0 Å². The Kier molecular flexibility index (Phi) is 3.20. The first-order chi connectivity index (χ1) is 8.63. The van der Waals surface area contributed by atoms with Crippen molar-refractivity contribution in [3.63, 3.8) is 0 Å². The Hall–Kier alpha value is -0.450. The van der Waals surface area contributed by atoms with Crippen molar-refractivity contribution in [3.05, 3.63) is 16.6 Å². The van der Waals surface area contributed by atoms with E-state index in [0.717, 1.165) is 12.1 Å². The maximum absolute atomic E-state index is 4.56. The molecule has 2 atom stereocenters. The summed E-state index contributed by atoms with van der Waals surface area (Å²) in [4.78, 5) is 7.31. The second kappa shape index (κ2) is 4.58. The van der Waals surface area contributed by atoms with E-state index in [1.807, 2.05) is 6.20 Å². The molecule has 0 amide bonds. The summed E-state index contributed by atoms with van der Waals surface area (Å²) in [5.41, 5.74) is 0.0959. The summed E-state index contributed by atoms with van der Waals surface area (Å²) in [5, 5.41) is 6.83. The fourth-order valence-corrected chi connectivity index (χ4v) is 4.73. The van der Waals surface area contributed by atoms with Crippen LogP contribution in [0.4, 0.5) is 0 Å². The summed E-state index contributed by atoms with van der Waals surface area (Å²) in [6.07, 6.45) is 7.24. The Bertz CT molecular complexity index is 387. The third-order valence-corrected chi connectivity index (χ3v) is 5.83. The molecule has 18 heavy (non-hydrogen) atoms. The molecule has 2 aliphatic heterocycles. The number of nitrogens with zero attached hydrogens (tertiary/aromatic N) is 2. The molecule has 2 fully saturated rings. The molecule has 4 heteroatoms. The van der Waals surface area contributed by atoms with E-state index in [1.165, 1.54) is 30.7 Å². The molecule has 0 aromatic carbocycles. The first-order valence-electron chi connectivity index (χ1n) is 6.98. The molecule has 1 aromatic rings. The first kappa shape index (κ1) is 12.6. The molecule has 2 bridgehead atoms. The molecule has 1 aromatic heterocycles. The van der Waals surface area contributed by atoms with Gasteiger partial charge < -0.3 is 5.32 Å². The highest BCUT2D eigenvalue weighted by atomic mass is 32.1. The quantitative estimate of drug-likeness (QED) is 0.910. The van der Waals surface area contributed by atoms with Gasteiger partial charge in [0.05, 0.1) is 5.54 Å². The lowest BCUT2D eigenvalue weighted by atomic mass is 9.91. The van der Waals surface area contributed by atoms with E-state index in [0.29, 0.717) is 6.04 Å². The number of nitrogens with one attached hydrogen (secondary N) is 1. The van der Waals surface area contributed by atoms with Crippen LogP contribution < -0.4 is 5.32 Å². The minimum Gasteiger partial charge on any atom is -0.317 e. The predicted molar refractivity (Wildman–Crippen MR) is 75.9 cm³/mol. The highest BCUT2D eigenvalue weighted by Gasteiger charge is 2.48. The van der Waals surface area contributed by atoms with E-state index in [1.54, 1.807) is 11.3 Å². The normalized spacial score (nSPS) is 32.9. The van der Waals surface area contributed by atoms with Crippen molar-refractivity contribution in [2.75, 3.05) is 7.05 Å². The SMILES string of the molecule is CNC1CC2CCC(C1)N2C(C)(C)c1nccs1. The van der Waals surface area contributed by atoms with Crippen LogP contribution in [0.5, 0.6) is 0 Å². The highest BCUT2D eigenvalue weighted by molar-refractivity contribution is 7.09. The second-order valence-corrected chi connectivity index (χ2v) is 7.04. The van der Waals surface area contributed by atoms with E-state index in [2.05, 4.69) is 41.5 Å². The lowest BCUT2D eigenvalue weighted by molar-refractivity contribution is 0.0189. The van der Waals surface area contributed by atoms with Crippen LogP contribution in [0.1, 0.15) is 44.5 Å². The molecule has 0 saturated carbocycles. The van der Waals surface area contributed by atoms with Gasteiger partial charge in [-0.1, -0.05) is 0 Å². The maximum atomic E-state index is 4.56. The Morgan fingerprint density at radius 3 is 2.50 bits per heavy atom. The van der Waals surface area contributed by atoms with Crippen molar-refractivity contribution >= 4 is 11.3 Å². The fourth-order valence-electron chi connectivity index (χ4n) is 3.96. The van der Waals surface area contributed by atoms with Crippen LogP contribution in [-0.4, -0.2) is 35.1 Å². The summed E-state index contributed by atoms with van der Waals surface area (Å²) in [7, 11) is 2.10. The molecule has 2 unspecified atom stereocenters. The van der Waals surface area contributed by atoms with Crippen molar-refractivity contribution < 1.29 is 0 Å². The molecule has 0 radical (unpaired) electrons. The van der Waals surface area contributed by atoms with Gasteiger partial charge in [0.25, 0.3) is 0 Å². The standard InChI is InChI=1S/C14H23N3S/c1-14(2,13-16-6-7-18-13)17-11-4-5-12(17)9-10(8-11)15-3/h6-7,10-12,15H,4-5,8-9H2,1-3H3. The smallest absolute Gasteiger partial charge is 0.112 e. The second-order valence-electron chi connectivity index (χ2n) is 6.15. The lowest BCUT2D eigenvalue weighted by Gasteiger charge is -2.47. The van der Waals surface area contributed by atoms with Gasteiger partial charge in [0.15, 0.2) is 0 Å². The van der Waals surface area contributed by atoms with Gasteiger partial charge in [-0.15, -0.1) is 11.3 Å². The van der Waals surface area contributed by atoms with Gasteiger partial charge in [-0.25, -0.2) is 4.98 Å². The van der Waals surface area contributed by atoms with Crippen molar-refractivity contribution in [1.29, 1.82) is 0 Å². The average molecular weight is 265 g/mol. The summed E-state index contributed by atoms with van der Waals surface area (Å²) in [6.45, 7) is 4.69. The predicted octanol–water partition coefficient (Wildman–Crippen LogP) is 2.59. The molecule has 2 aliphatic rings. The lowest BCUT2D eigenvalue weighted by Crippen LogP contribution is -2.55. The van der Waals surface area contributed by atoms with Crippen molar-refractivity contribution in [1.82, 2.24) is 15.2 Å². The Morgan fingerprint density at radius 1 is 1.33 bits per heavy atom. The Morgan fingerprint density at radius 2 is 2.00 bits per heavy atom. The van der Waals surface area contributed by atoms with Crippen LogP contribution in [0.25, 0.3) is 0 Å². The fraction of sp³-hybridized carbons (Fsp3) is 0.786. The topological polar surface area (TPSA) is 28.2 Å². The van der Waals surface area contributed by atoms with Gasteiger partial charge in [-0.05, 0) is 46.6 Å². The van der Waals surface area contributed by atoms with Crippen LogP contribution in [0.2, 0.25) is 0 Å². The summed E-state index contributed by atoms with van der Waals surface area (Å²) < 4.78 is 0. The van der Waals surface area contributed by atoms with E-state index >= 15 is 0 Å². The van der Waals surface area contributed by atoms with Gasteiger partial charge in [-0.3, -0.25) is 4.90 Å². The minimum absolute atomic E-state index is 0.0959. The van der Waals surface area contributed by atoms with Crippen LogP contribution in [0.15, 0.2) is 11.6 Å². The molecular formula is C14H23N3S. The van der Waals surface area contributed by atoms with Crippen molar-refractivity contribution in [2.24, 2.45) is 0 Å².